The van der Waals surface area contributed by atoms with Crippen molar-refractivity contribution >= 4 is 5.91 Å². The summed E-state index contributed by atoms with van der Waals surface area (Å²) in [6, 6.07) is 0. The minimum absolute atomic E-state index is 0.0226. The van der Waals surface area contributed by atoms with E-state index in [0.29, 0.717) is 5.56 Å². The summed E-state index contributed by atoms with van der Waals surface area (Å²) in [6.07, 6.45) is 10.7. The molecule has 3 atom stereocenters. The number of fused-ring (bicyclic) bond motifs is 2. The normalized spacial score (nSPS) is 27.8. The fraction of sp³-hybridized carbons (Fsp3) is 0.688. The monoisotopic (exact) mass is 273 g/mol. The first-order chi connectivity index (χ1) is 9.78. The van der Waals surface area contributed by atoms with Gasteiger partial charge in [0, 0.05) is 12.7 Å². The second-order valence-corrected chi connectivity index (χ2v) is 6.22. The van der Waals surface area contributed by atoms with Gasteiger partial charge in [-0.1, -0.05) is 13.3 Å². The van der Waals surface area contributed by atoms with Crippen LogP contribution in [-0.2, 0) is 6.42 Å². The molecule has 0 aliphatic heterocycles. The Morgan fingerprint density at radius 3 is 3.00 bits per heavy atom. The van der Waals surface area contributed by atoms with Gasteiger partial charge in [-0.05, 0) is 49.9 Å². The summed E-state index contributed by atoms with van der Waals surface area (Å²) in [4.78, 5) is 20.3. The first-order valence-corrected chi connectivity index (χ1v) is 7.85. The smallest absolute Gasteiger partial charge is 0.254 e. The Bertz CT molecular complexity index is 488. The number of aromatic nitrogens is 2. The molecule has 1 N–H and O–H groups in total. The summed E-state index contributed by atoms with van der Waals surface area (Å²) < 4.78 is 0. The second kappa shape index (κ2) is 5.90. The van der Waals surface area contributed by atoms with E-state index < -0.39 is 0 Å². The Morgan fingerprint density at radius 1 is 1.40 bits per heavy atom. The summed E-state index contributed by atoms with van der Waals surface area (Å²) in [5, 5.41) is 3.04. The molecule has 1 heterocycles. The van der Waals surface area contributed by atoms with Crippen LogP contribution in [-0.4, -0.2) is 22.4 Å². The Kier molecular flexibility index (Phi) is 3.99. The van der Waals surface area contributed by atoms with Gasteiger partial charge in [0.25, 0.3) is 5.91 Å². The van der Waals surface area contributed by atoms with Crippen LogP contribution in [0.15, 0.2) is 12.5 Å². The molecule has 2 aliphatic rings. The number of amides is 1. The minimum atomic E-state index is -0.0226. The molecule has 4 nitrogen and oxygen atoms in total. The van der Waals surface area contributed by atoms with E-state index >= 15 is 0 Å². The highest BCUT2D eigenvalue weighted by molar-refractivity contribution is 5.94. The van der Waals surface area contributed by atoms with Crippen LogP contribution in [0.3, 0.4) is 0 Å². The van der Waals surface area contributed by atoms with Crippen LogP contribution in [0.2, 0.25) is 0 Å². The topological polar surface area (TPSA) is 54.9 Å². The number of hydrogen-bond acceptors (Lipinski definition) is 3. The Hall–Kier alpha value is -1.45. The Morgan fingerprint density at radius 2 is 2.30 bits per heavy atom. The van der Waals surface area contributed by atoms with E-state index in [1.165, 1.54) is 32.0 Å². The first kappa shape index (κ1) is 13.5. The van der Waals surface area contributed by atoms with Crippen LogP contribution in [0.25, 0.3) is 0 Å². The molecule has 1 aromatic rings. The zero-order valence-electron chi connectivity index (χ0n) is 12.1. The molecule has 20 heavy (non-hydrogen) atoms. The molecule has 2 fully saturated rings. The summed E-state index contributed by atoms with van der Waals surface area (Å²) in [5.41, 5.74) is 1.46. The average molecular weight is 273 g/mol. The van der Waals surface area contributed by atoms with Gasteiger partial charge in [-0.3, -0.25) is 4.79 Å². The third kappa shape index (κ3) is 2.69. The van der Waals surface area contributed by atoms with Crippen LogP contribution in [0.5, 0.6) is 0 Å². The Balaban J connectivity index is 1.50. The van der Waals surface area contributed by atoms with Gasteiger partial charge in [-0.15, -0.1) is 0 Å². The highest BCUT2D eigenvalue weighted by atomic mass is 16.1. The molecule has 0 saturated heterocycles. The van der Waals surface area contributed by atoms with Gasteiger partial charge >= 0.3 is 0 Å². The molecule has 2 bridgehead atoms. The predicted octanol–water partition coefficient (Wildman–Crippen LogP) is 2.60. The summed E-state index contributed by atoms with van der Waals surface area (Å²) >= 11 is 0. The molecule has 1 aromatic heterocycles. The Labute approximate surface area is 120 Å². The van der Waals surface area contributed by atoms with Gasteiger partial charge in [-0.2, -0.15) is 0 Å². The van der Waals surface area contributed by atoms with E-state index in [-0.39, 0.29) is 5.91 Å². The molecule has 3 rings (SSSR count). The van der Waals surface area contributed by atoms with E-state index in [0.717, 1.165) is 42.8 Å². The van der Waals surface area contributed by atoms with Crippen molar-refractivity contribution in [1.29, 1.82) is 0 Å². The molecular weight excluding hydrogens is 250 g/mol. The number of carbonyl (C=O) groups is 1. The number of rotatable bonds is 5. The molecule has 4 heteroatoms. The maximum atomic E-state index is 12.2. The number of nitrogens with one attached hydrogen (secondary N) is 1. The van der Waals surface area contributed by atoms with E-state index in [1.54, 1.807) is 6.20 Å². The van der Waals surface area contributed by atoms with Crippen molar-refractivity contribution in [2.45, 2.75) is 45.4 Å². The summed E-state index contributed by atoms with van der Waals surface area (Å²) in [6.45, 7) is 2.79. The van der Waals surface area contributed by atoms with E-state index in [9.17, 15) is 4.79 Å². The van der Waals surface area contributed by atoms with Crippen LogP contribution in [0, 0.1) is 17.8 Å². The van der Waals surface area contributed by atoms with Gasteiger partial charge in [0.2, 0.25) is 0 Å². The van der Waals surface area contributed by atoms with Gasteiger partial charge < -0.3 is 5.32 Å². The van der Waals surface area contributed by atoms with Gasteiger partial charge in [-0.25, -0.2) is 9.97 Å². The van der Waals surface area contributed by atoms with E-state index in [4.69, 9.17) is 0 Å². The molecule has 1 amide bonds. The number of aryl methyl sites for hydroxylation is 1. The maximum absolute atomic E-state index is 12.2. The summed E-state index contributed by atoms with van der Waals surface area (Å²) in [7, 11) is 0. The molecule has 2 saturated carbocycles. The summed E-state index contributed by atoms with van der Waals surface area (Å²) in [5.74, 6) is 2.73. The minimum Gasteiger partial charge on any atom is -0.352 e. The van der Waals surface area contributed by atoms with Crippen LogP contribution in [0.4, 0.5) is 0 Å². The molecular formula is C16H23N3O. The van der Waals surface area contributed by atoms with Crippen molar-refractivity contribution in [3.8, 4) is 0 Å². The molecule has 0 aromatic carbocycles. The number of hydrogen-bond donors (Lipinski definition) is 1. The quantitative estimate of drug-likeness (QED) is 0.897. The molecule has 108 valence electrons. The van der Waals surface area contributed by atoms with Crippen molar-refractivity contribution in [2.24, 2.45) is 17.8 Å². The third-order valence-corrected chi connectivity index (χ3v) is 5.06. The molecule has 0 unspecified atom stereocenters. The van der Waals surface area contributed by atoms with Gasteiger partial charge in [0.15, 0.2) is 0 Å². The lowest BCUT2D eigenvalue weighted by Gasteiger charge is -2.21. The van der Waals surface area contributed by atoms with Crippen molar-refractivity contribution in [1.82, 2.24) is 15.3 Å². The average Bonchev–Trinajstić information content (AvgIpc) is 3.09. The zero-order valence-corrected chi connectivity index (χ0v) is 12.1. The standard InChI is InChI=1S/C16H23N3O/c1-2-15-14(9-17-10-19-15)16(20)18-6-5-13-8-11-3-4-12(13)7-11/h9-13H,2-8H2,1H3,(H,18,20)/t11-,12-,13+/m0/s1. The van der Waals surface area contributed by atoms with E-state index in [1.807, 2.05) is 6.92 Å². The van der Waals surface area contributed by atoms with Gasteiger partial charge in [0.05, 0.1) is 11.3 Å². The fourth-order valence-corrected chi connectivity index (χ4v) is 4.02. The molecule has 0 spiro atoms. The largest absolute Gasteiger partial charge is 0.352 e. The molecule has 0 radical (unpaired) electrons. The number of nitrogens with zero attached hydrogens (tertiary/aromatic N) is 2. The van der Waals surface area contributed by atoms with Crippen molar-refractivity contribution in [2.75, 3.05) is 6.54 Å². The predicted molar refractivity (Wildman–Crippen MR) is 77.3 cm³/mol. The van der Waals surface area contributed by atoms with E-state index in [2.05, 4.69) is 15.3 Å². The highest BCUT2D eigenvalue weighted by Crippen LogP contribution is 2.49. The van der Waals surface area contributed by atoms with Crippen LogP contribution in [0.1, 0.15) is 55.1 Å². The highest BCUT2D eigenvalue weighted by Gasteiger charge is 2.38. The molecule has 2 aliphatic carbocycles. The zero-order chi connectivity index (χ0) is 13.9. The van der Waals surface area contributed by atoms with Crippen molar-refractivity contribution in [3.63, 3.8) is 0 Å². The number of carbonyl (C=O) groups excluding carboxylic acids is 1. The fourth-order valence-electron chi connectivity index (χ4n) is 4.02. The lowest BCUT2D eigenvalue weighted by atomic mass is 9.86. The van der Waals surface area contributed by atoms with Crippen LogP contribution >= 0.6 is 0 Å². The van der Waals surface area contributed by atoms with Crippen molar-refractivity contribution < 1.29 is 4.79 Å². The lowest BCUT2D eigenvalue weighted by molar-refractivity contribution is 0.0948. The lowest BCUT2D eigenvalue weighted by Crippen LogP contribution is -2.28. The second-order valence-electron chi connectivity index (χ2n) is 6.22. The maximum Gasteiger partial charge on any atom is 0.254 e. The van der Waals surface area contributed by atoms with Gasteiger partial charge in [0.1, 0.15) is 6.33 Å². The van der Waals surface area contributed by atoms with Crippen molar-refractivity contribution in [3.05, 3.63) is 23.8 Å². The SMILES string of the molecule is CCc1ncncc1C(=O)NCC[C@@H]1C[C@H]2CC[C@H]1C2. The third-order valence-electron chi connectivity index (χ3n) is 5.06. The first-order valence-electron chi connectivity index (χ1n) is 7.85. The van der Waals surface area contributed by atoms with Crippen LogP contribution < -0.4 is 5.32 Å².